The van der Waals surface area contributed by atoms with E-state index in [1.54, 1.807) is 0 Å². The van der Waals surface area contributed by atoms with Crippen molar-refractivity contribution in [3.8, 4) is 5.75 Å². The summed E-state index contributed by atoms with van der Waals surface area (Å²) in [6.07, 6.45) is 3.46. The molecular weight excluding hydrogens is 366 g/mol. The Kier molecular flexibility index (Phi) is 5.45. The highest BCUT2D eigenvalue weighted by atomic mass is 79.9. The summed E-state index contributed by atoms with van der Waals surface area (Å²) in [6.45, 7) is 2.77. The van der Waals surface area contributed by atoms with E-state index in [1.165, 1.54) is 25.9 Å². The zero-order chi connectivity index (χ0) is 15.4. The van der Waals surface area contributed by atoms with E-state index < -0.39 is 0 Å². The first kappa shape index (κ1) is 15.9. The maximum atomic E-state index is 5.91. The molecule has 3 rings (SSSR count). The fourth-order valence-corrected chi connectivity index (χ4v) is 3.29. The van der Waals surface area contributed by atoms with Crippen LogP contribution in [-0.2, 0) is 13.0 Å². The molecule has 0 aliphatic carbocycles. The van der Waals surface area contributed by atoms with E-state index in [4.69, 9.17) is 20.8 Å². The quantitative estimate of drug-likeness (QED) is 0.743. The molecule has 0 unspecified atom stereocenters. The molecule has 5 heteroatoms. The Hall–Kier alpha value is -0.970. The van der Waals surface area contributed by atoms with Crippen LogP contribution in [0.1, 0.15) is 24.4 Å². The van der Waals surface area contributed by atoms with E-state index in [-0.39, 0.29) is 0 Å². The molecule has 2 aromatic rings. The molecule has 0 bridgehead atoms. The normalized spacial score (nSPS) is 14.8. The fourth-order valence-electron chi connectivity index (χ4n) is 2.49. The number of nitrogens with one attached hydrogen (secondary N) is 1. The maximum absolute atomic E-state index is 5.91. The van der Waals surface area contributed by atoms with Crippen LogP contribution in [-0.4, -0.2) is 13.1 Å². The number of ether oxygens (including phenoxy) is 1. The van der Waals surface area contributed by atoms with Crippen LogP contribution in [0.25, 0.3) is 0 Å². The minimum absolute atomic E-state index is 0.423. The summed E-state index contributed by atoms with van der Waals surface area (Å²) in [6, 6.07) is 9.52. The maximum Gasteiger partial charge on any atom is 0.146 e. The topological polar surface area (TPSA) is 34.4 Å². The van der Waals surface area contributed by atoms with Gasteiger partial charge in [0, 0.05) is 11.4 Å². The second-order valence-corrected chi connectivity index (χ2v) is 6.94. The molecular formula is C17H19BrClNO2. The minimum Gasteiger partial charge on any atom is -0.484 e. The third kappa shape index (κ3) is 4.28. The Morgan fingerprint density at radius 1 is 1.23 bits per heavy atom. The second-order valence-electron chi connectivity index (χ2n) is 5.65. The largest absolute Gasteiger partial charge is 0.484 e. The summed E-state index contributed by atoms with van der Waals surface area (Å²) in [7, 11) is 0. The van der Waals surface area contributed by atoms with E-state index in [2.05, 4.69) is 27.3 Å². The first-order chi connectivity index (χ1) is 10.7. The predicted octanol–water partition coefficient (Wildman–Crippen LogP) is 4.82. The summed E-state index contributed by atoms with van der Waals surface area (Å²) < 4.78 is 12.4. The Morgan fingerprint density at radius 2 is 2.05 bits per heavy atom. The van der Waals surface area contributed by atoms with Crippen LogP contribution in [0, 0.1) is 5.92 Å². The molecule has 0 atom stereocenters. The van der Waals surface area contributed by atoms with Crippen molar-refractivity contribution in [3.63, 3.8) is 0 Å². The van der Waals surface area contributed by atoms with Crippen LogP contribution < -0.4 is 10.1 Å². The lowest BCUT2D eigenvalue weighted by atomic mass is 9.96. The zero-order valence-corrected chi connectivity index (χ0v) is 14.6. The number of aryl methyl sites for hydroxylation is 1. The average molecular weight is 385 g/mol. The summed E-state index contributed by atoms with van der Waals surface area (Å²) in [4.78, 5) is 0. The summed E-state index contributed by atoms with van der Waals surface area (Å²) in [5.74, 6) is 3.52. The van der Waals surface area contributed by atoms with Gasteiger partial charge in [-0.05, 0) is 78.1 Å². The van der Waals surface area contributed by atoms with Crippen LogP contribution in [0.4, 0.5) is 0 Å². The van der Waals surface area contributed by atoms with Gasteiger partial charge in [-0.2, -0.15) is 0 Å². The van der Waals surface area contributed by atoms with Gasteiger partial charge >= 0.3 is 0 Å². The average Bonchev–Trinajstić information content (AvgIpc) is 2.88. The Labute approximate surface area is 144 Å². The van der Waals surface area contributed by atoms with E-state index in [1.807, 2.05) is 24.3 Å². The fraction of sp³-hybridized carbons (Fsp3) is 0.412. The molecule has 0 radical (unpaired) electrons. The van der Waals surface area contributed by atoms with Gasteiger partial charge in [0.2, 0.25) is 0 Å². The van der Waals surface area contributed by atoms with Crippen molar-refractivity contribution in [3.05, 3.63) is 51.3 Å². The van der Waals surface area contributed by atoms with Gasteiger partial charge in [-0.3, -0.25) is 0 Å². The van der Waals surface area contributed by atoms with E-state index in [0.29, 0.717) is 11.6 Å². The van der Waals surface area contributed by atoms with Crippen LogP contribution in [0.2, 0.25) is 5.02 Å². The van der Waals surface area contributed by atoms with Crippen molar-refractivity contribution >= 4 is 27.5 Å². The lowest BCUT2D eigenvalue weighted by Gasteiger charge is -2.26. The minimum atomic E-state index is 0.423. The van der Waals surface area contributed by atoms with Gasteiger partial charge in [0.05, 0.1) is 4.47 Å². The number of furan rings is 1. The zero-order valence-electron chi connectivity index (χ0n) is 12.3. The van der Waals surface area contributed by atoms with E-state index in [0.717, 1.165) is 34.1 Å². The van der Waals surface area contributed by atoms with Crippen molar-refractivity contribution < 1.29 is 9.15 Å². The van der Waals surface area contributed by atoms with Crippen molar-refractivity contribution in [2.24, 2.45) is 5.92 Å². The van der Waals surface area contributed by atoms with Gasteiger partial charge < -0.3 is 14.5 Å². The lowest BCUT2D eigenvalue weighted by molar-refractivity contribution is 0.263. The summed E-state index contributed by atoms with van der Waals surface area (Å²) in [5.41, 5.74) is 0. The van der Waals surface area contributed by atoms with Gasteiger partial charge in [0.1, 0.15) is 23.9 Å². The Balaban J connectivity index is 1.46. The molecule has 1 aromatic heterocycles. The van der Waals surface area contributed by atoms with E-state index in [9.17, 15) is 0 Å². The number of benzene rings is 1. The van der Waals surface area contributed by atoms with E-state index >= 15 is 0 Å². The summed E-state index contributed by atoms with van der Waals surface area (Å²) >= 11 is 9.36. The molecule has 0 saturated carbocycles. The van der Waals surface area contributed by atoms with Gasteiger partial charge in [0.15, 0.2) is 0 Å². The highest BCUT2D eigenvalue weighted by molar-refractivity contribution is 9.10. The monoisotopic (exact) mass is 383 g/mol. The van der Waals surface area contributed by atoms with Crippen molar-refractivity contribution in [1.82, 2.24) is 5.32 Å². The van der Waals surface area contributed by atoms with Crippen LogP contribution in [0.3, 0.4) is 0 Å². The van der Waals surface area contributed by atoms with Crippen LogP contribution in [0.5, 0.6) is 5.75 Å². The van der Waals surface area contributed by atoms with Gasteiger partial charge in [-0.15, -0.1) is 0 Å². The first-order valence-electron chi connectivity index (χ1n) is 7.57. The Bertz CT molecular complexity index is 625. The van der Waals surface area contributed by atoms with Crippen molar-refractivity contribution in [2.75, 3.05) is 13.1 Å². The highest BCUT2D eigenvalue weighted by Gasteiger charge is 2.16. The molecule has 0 spiro atoms. The molecule has 1 N–H and O–H groups in total. The van der Waals surface area contributed by atoms with Crippen molar-refractivity contribution in [1.29, 1.82) is 0 Å². The molecule has 1 aliphatic rings. The highest BCUT2D eigenvalue weighted by Crippen LogP contribution is 2.28. The van der Waals surface area contributed by atoms with Gasteiger partial charge in [0.25, 0.3) is 0 Å². The number of hydrogen-bond donors (Lipinski definition) is 1. The third-order valence-electron chi connectivity index (χ3n) is 3.88. The number of rotatable bonds is 7. The molecule has 3 nitrogen and oxygen atoms in total. The molecule has 1 aliphatic heterocycles. The number of hydrogen-bond acceptors (Lipinski definition) is 3. The molecule has 0 amide bonds. The smallest absolute Gasteiger partial charge is 0.146 e. The molecule has 2 heterocycles. The standard InChI is InChI=1S/C17H19BrClNO2/c18-16-8-13(19)4-7-17(16)21-11-15-6-5-14(22-15)3-1-2-12-9-20-10-12/h4-8,12,20H,1-3,9-11H2. The lowest BCUT2D eigenvalue weighted by Crippen LogP contribution is -2.41. The summed E-state index contributed by atoms with van der Waals surface area (Å²) in [5, 5.41) is 3.98. The number of halogens is 2. The second kappa shape index (κ2) is 7.53. The van der Waals surface area contributed by atoms with Crippen LogP contribution in [0.15, 0.2) is 39.2 Å². The third-order valence-corrected chi connectivity index (χ3v) is 4.74. The molecule has 1 fully saturated rings. The van der Waals surface area contributed by atoms with Crippen LogP contribution >= 0.6 is 27.5 Å². The van der Waals surface area contributed by atoms with Crippen molar-refractivity contribution in [2.45, 2.75) is 25.9 Å². The molecule has 1 aromatic carbocycles. The predicted molar refractivity (Wildman–Crippen MR) is 91.5 cm³/mol. The van der Waals surface area contributed by atoms with Gasteiger partial charge in [-0.25, -0.2) is 0 Å². The molecule has 1 saturated heterocycles. The SMILES string of the molecule is Clc1ccc(OCc2ccc(CCCC3CNC3)o2)c(Br)c1. The van der Waals surface area contributed by atoms with Gasteiger partial charge in [-0.1, -0.05) is 11.6 Å². The Morgan fingerprint density at radius 3 is 2.77 bits per heavy atom. The molecule has 22 heavy (non-hydrogen) atoms. The first-order valence-corrected chi connectivity index (χ1v) is 8.74. The molecule has 118 valence electrons.